The smallest absolute Gasteiger partial charge is 0.0546 e. The molecule has 1 unspecified atom stereocenters. The van der Waals surface area contributed by atoms with Crippen molar-refractivity contribution >= 4 is 0 Å². The molecular weight excluding hydrogens is 210 g/mol. The van der Waals surface area contributed by atoms with Crippen molar-refractivity contribution in [1.29, 1.82) is 0 Å². The summed E-state index contributed by atoms with van der Waals surface area (Å²) in [5.41, 5.74) is 3.22. The van der Waals surface area contributed by atoms with Crippen LogP contribution in [0.15, 0.2) is 6.20 Å². The highest BCUT2D eigenvalue weighted by Gasteiger charge is 2.35. The molecule has 0 spiro atoms. The average Bonchev–Trinajstić information content (AvgIpc) is 2.57. The van der Waals surface area contributed by atoms with Gasteiger partial charge in [0, 0.05) is 17.3 Å². The molecule has 3 heteroatoms. The monoisotopic (exact) mass is 235 g/mol. The van der Waals surface area contributed by atoms with Gasteiger partial charge in [-0.15, -0.1) is 0 Å². The van der Waals surface area contributed by atoms with Crippen LogP contribution < -0.4 is 5.32 Å². The van der Waals surface area contributed by atoms with Crippen LogP contribution in [0.25, 0.3) is 0 Å². The van der Waals surface area contributed by atoms with Crippen molar-refractivity contribution in [3.63, 3.8) is 0 Å². The highest BCUT2D eigenvalue weighted by atomic mass is 15.3. The van der Waals surface area contributed by atoms with E-state index in [0.717, 1.165) is 6.42 Å². The van der Waals surface area contributed by atoms with E-state index in [1.54, 1.807) is 0 Å². The summed E-state index contributed by atoms with van der Waals surface area (Å²) in [6, 6.07) is 0.449. The van der Waals surface area contributed by atoms with Crippen LogP contribution in [0, 0.1) is 5.41 Å². The molecule has 96 valence electrons. The van der Waals surface area contributed by atoms with Crippen LogP contribution in [0.1, 0.15) is 58.3 Å². The van der Waals surface area contributed by atoms with E-state index in [-0.39, 0.29) is 5.54 Å². The minimum atomic E-state index is 0.0687. The van der Waals surface area contributed by atoms with Crippen LogP contribution in [0.2, 0.25) is 0 Å². The summed E-state index contributed by atoms with van der Waals surface area (Å²) in [5, 5.41) is 8.04. The molecule has 0 aromatic carbocycles. The van der Waals surface area contributed by atoms with E-state index in [1.165, 1.54) is 17.7 Å². The van der Waals surface area contributed by atoms with Gasteiger partial charge in [0.25, 0.3) is 0 Å². The molecule has 1 N–H and O–H groups in total. The second-order valence-electron chi connectivity index (χ2n) is 7.02. The first-order chi connectivity index (χ1) is 7.74. The zero-order chi connectivity index (χ0) is 12.8. The number of fused-ring (bicyclic) bond motifs is 1. The number of hydrogen-bond donors (Lipinski definition) is 1. The van der Waals surface area contributed by atoms with Crippen LogP contribution in [0.3, 0.4) is 0 Å². The number of nitrogens with zero attached hydrogens (tertiary/aromatic N) is 2. The van der Waals surface area contributed by atoms with E-state index in [0.29, 0.717) is 11.5 Å². The molecule has 1 aromatic heterocycles. The number of rotatable bonds is 1. The Kier molecular flexibility index (Phi) is 2.85. The van der Waals surface area contributed by atoms with Crippen LogP contribution in [-0.2, 0) is 12.0 Å². The summed E-state index contributed by atoms with van der Waals surface area (Å²) in [4.78, 5) is 0. The lowest BCUT2D eigenvalue weighted by Gasteiger charge is -2.37. The Bertz CT molecular complexity index is 410. The van der Waals surface area contributed by atoms with Crippen molar-refractivity contribution in [2.75, 3.05) is 7.05 Å². The molecule has 0 fully saturated rings. The van der Waals surface area contributed by atoms with Crippen LogP contribution >= 0.6 is 0 Å². The molecule has 0 saturated carbocycles. The average molecular weight is 235 g/mol. The largest absolute Gasteiger partial charge is 0.313 e. The van der Waals surface area contributed by atoms with Gasteiger partial charge < -0.3 is 5.32 Å². The highest BCUT2D eigenvalue weighted by molar-refractivity contribution is 5.27. The summed E-state index contributed by atoms with van der Waals surface area (Å²) in [5.74, 6) is 0. The maximum Gasteiger partial charge on any atom is 0.0546 e. The zero-order valence-corrected chi connectivity index (χ0v) is 12.0. The fourth-order valence-corrected chi connectivity index (χ4v) is 2.88. The van der Waals surface area contributed by atoms with Gasteiger partial charge in [-0.2, -0.15) is 5.10 Å². The summed E-state index contributed by atoms with van der Waals surface area (Å²) < 4.78 is 2.20. The second-order valence-corrected chi connectivity index (χ2v) is 7.02. The fourth-order valence-electron chi connectivity index (χ4n) is 2.88. The van der Waals surface area contributed by atoms with E-state index in [2.05, 4.69) is 55.9 Å². The van der Waals surface area contributed by atoms with Crippen LogP contribution in [0.4, 0.5) is 0 Å². The normalized spacial score (nSPS) is 23.5. The Labute approximate surface area is 105 Å². The number of nitrogens with one attached hydrogen (secondary N) is 1. The van der Waals surface area contributed by atoms with Gasteiger partial charge in [-0.05, 0) is 46.1 Å². The molecule has 1 heterocycles. The Morgan fingerprint density at radius 2 is 2.06 bits per heavy atom. The zero-order valence-electron chi connectivity index (χ0n) is 12.0. The molecule has 3 nitrogen and oxygen atoms in total. The maximum absolute atomic E-state index is 4.61. The first-order valence-corrected chi connectivity index (χ1v) is 6.49. The third-order valence-corrected chi connectivity index (χ3v) is 3.66. The number of hydrogen-bond acceptors (Lipinski definition) is 2. The summed E-state index contributed by atoms with van der Waals surface area (Å²) in [6.07, 6.45) is 4.36. The summed E-state index contributed by atoms with van der Waals surface area (Å²) >= 11 is 0. The lowest BCUT2D eigenvalue weighted by Crippen LogP contribution is -2.35. The first-order valence-electron chi connectivity index (χ1n) is 6.49. The third-order valence-electron chi connectivity index (χ3n) is 3.66. The molecule has 0 radical (unpaired) electrons. The van der Waals surface area contributed by atoms with Gasteiger partial charge in [-0.25, -0.2) is 0 Å². The molecule has 1 aromatic rings. The minimum Gasteiger partial charge on any atom is -0.313 e. The van der Waals surface area contributed by atoms with Gasteiger partial charge in [-0.3, -0.25) is 4.68 Å². The molecule has 0 bridgehead atoms. The highest BCUT2D eigenvalue weighted by Crippen LogP contribution is 2.41. The molecule has 1 atom stereocenters. The SMILES string of the molecule is CNC1CC(C)(C)Cc2c1cnn2C(C)(C)C. The predicted octanol–water partition coefficient (Wildman–Crippen LogP) is 2.87. The minimum absolute atomic E-state index is 0.0687. The molecule has 17 heavy (non-hydrogen) atoms. The fraction of sp³-hybridized carbons (Fsp3) is 0.786. The Balaban J connectivity index is 2.49. The van der Waals surface area contributed by atoms with Crippen molar-refractivity contribution in [3.8, 4) is 0 Å². The van der Waals surface area contributed by atoms with Crippen molar-refractivity contribution in [3.05, 3.63) is 17.5 Å². The van der Waals surface area contributed by atoms with E-state index < -0.39 is 0 Å². The Morgan fingerprint density at radius 3 is 2.59 bits per heavy atom. The van der Waals surface area contributed by atoms with Gasteiger partial charge >= 0.3 is 0 Å². The van der Waals surface area contributed by atoms with Gasteiger partial charge in [-0.1, -0.05) is 13.8 Å². The van der Waals surface area contributed by atoms with E-state index >= 15 is 0 Å². The lowest BCUT2D eigenvalue weighted by atomic mass is 9.74. The molecule has 1 aliphatic carbocycles. The Morgan fingerprint density at radius 1 is 1.41 bits per heavy atom. The maximum atomic E-state index is 4.61. The van der Waals surface area contributed by atoms with Gasteiger partial charge in [0.05, 0.1) is 11.7 Å². The molecule has 1 aliphatic rings. The van der Waals surface area contributed by atoms with Gasteiger partial charge in [0.15, 0.2) is 0 Å². The molecule has 0 saturated heterocycles. The van der Waals surface area contributed by atoms with Crippen molar-refractivity contribution < 1.29 is 0 Å². The first kappa shape index (κ1) is 12.6. The van der Waals surface area contributed by atoms with E-state index in [1.807, 2.05) is 7.05 Å². The van der Waals surface area contributed by atoms with Crippen molar-refractivity contribution in [1.82, 2.24) is 15.1 Å². The standard InChI is InChI=1S/C14H25N3/c1-13(2,3)17-12-8-14(4,5)7-11(15-6)10(12)9-16-17/h9,11,15H,7-8H2,1-6H3. The van der Waals surface area contributed by atoms with Crippen LogP contribution in [-0.4, -0.2) is 16.8 Å². The molecule has 2 rings (SSSR count). The molecule has 0 aliphatic heterocycles. The van der Waals surface area contributed by atoms with E-state index in [9.17, 15) is 0 Å². The number of aromatic nitrogens is 2. The topological polar surface area (TPSA) is 29.9 Å². The van der Waals surface area contributed by atoms with Crippen molar-refractivity contribution in [2.24, 2.45) is 5.41 Å². The van der Waals surface area contributed by atoms with Gasteiger partial charge in [0.1, 0.15) is 0 Å². The Hall–Kier alpha value is -0.830. The molecular formula is C14H25N3. The quantitative estimate of drug-likeness (QED) is 0.811. The third kappa shape index (κ3) is 2.25. The lowest BCUT2D eigenvalue weighted by molar-refractivity contribution is 0.243. The second kappa shape index (κ2) is 3.84. The summed E-state index contributed by atoms with van der Waals surface area (Å²) in [7, 11) is 2.05. The van der Waals surface area contributed by atoms with Gasteiger partial charge in [0.2, 0.25) is 0 Å². The van der Waals surface area contributed by atoms with Crippen LogP contribution in [0.5, 0.6) is 0 Å². The molecule has 0 amide bonds. The predicted molar refractivity (Wildman–Crippen MR) is 71.1 cm³/mol. The summed E-state index contributed by atoms with van der Waals surface area (Å²) in [6.45, 7) is 11.4. The van der Waals surface area contributed by atoms with E-state index in [4.69, 9.17) is 0 Å². The van der Waals surface area contributed by atoms with Crippen molar-refractivity contribution in [2.45, 2.75) is 59.0 Å².